The van der Waals surface area contributed by atoms with Gasteiger partial charge in [-0.25, -0.2) is 4.79 Å². The molecule has 24 heavy (non-hydrogen) atoms. The van der Waals surface area contributed by atoms with Crippen molar-refractivity contribution in [1.29, 1.82) is 0 Å². The Bertz CT molecular complexity index is 713. The quantitative estimate of drug-likeness (QED) is 0.474. The number of oxazole rings is 1. The Morgan fingerprint density at radius 2 is 2.12 bits per heavy atom. The van der Waals surface area contributed by atoms with E-state index in [-0.39, 0.29) is 17.0 Å². The van der Waals surface area contributed by atoms with Crippen LogP contribution in [0.2, 0.25) is 0 Å². The number of halogens is 3. The maximum absolute atomic E-state index is 13.1. The molecule has 0 aliphatic heterocycles. The summed E-state index contributed by atoms with van der Waals surface area (Å²) >= 11 is 0. The maximum Gasteiger partial charge on any atom is 0.520 e. The fourth-order valence-electron chi connectivity index (χ4n) is 2.23. The van der Waals surface area contributed by atoms with Gasteiger partial charge in [0.15, 0.2) is 0 Å². The third-order valence-corrected chi connectivity index (χ3v) is 3.44. The van der Waals surface area contributed by atoms with Crippen LogP contribution in [-0.2, 0) is 10.9 Å². The minimum absolute atomic E-state index is 0.0284. The molecule has 2 heterocycles. The SMILES string of the molecule is CCCCCCNc1oc(C(F)(F)F)[n+]2ncc(C(=O)OC)cc12. The van der Waals surface area contributed by atoms with Crippen LogP contribution in [0.15, 0.2) is 16.7 Å². The van der Waals surface area contributed by atoms with Gasteiger partial charge < -0.3 is 14.5 Å². The Morgan fingerprint density at radius 1 is 1.38 bits per heavy atom. The van der Waals surface area contributed by atoms with Gasteiger partial charge >= 0.3 is 23.6 Å². The first-order valence-corrected chi connectivity index (χ1v) is 7.62. The van der Waals surface area contributed by atoms with Gasteiger partial charge in [-0.2, -0.15) is 13.2 Å². The number of aromatic nitrogens is 2. The van der Waals surface area contributed by atoms with E-state index in [1.165, 1.54) is 13.2 Å². The van der Waals surface area contributed by atoms with Crippen LogP contribution in [-0.4, -0.2) is 24.7 Å². The van der Waals surface area contributed by atoms with Gasteiger partial charge in [0.05, 0.1) is 12.7 Å². The molecule has 6 nitrogen and oxygen atoms in total. The average Bonchev–Trinajstić information content (AvgIpc) is 2.92. The number of esters is 1. The monoisotopic (exact) mass is 346 g/mol. The molecule has 9 heteroatoms. The lowest BCUT2D eigenvalue weighted by molar-refractivity contribution is -0.612. The van der Waals surface area contributed by atoms with Crippen molar-refractivity contribution in [3.05, 3.63) is 23.7 Å². The van der Waals surface area contributed by atoms with Crippen LogP contribution in [0.25, 0.3) is 5.52 Å². The van der Waals surface area contributed by atoms with Gasteiger partial charge in [-0.3, -0.25) is 0 Å². The molecule has 0 unspecified atom stereocenters. The van der Waals surface area contributed by atoms with E-state index in [4.69, 9.17) is 4.42 Å². The predicted octanol–water partition coefficient (Wildman–Crippen LogP) is 3.21. The fraction of sp³-hybridized carbons (Fsp3) is 0.533. The molecule has 0 spiro atoms. The van der Waals surface area contributed by atoms with Gasteiger partial charge in [0.2, 0.25) is 0 Å². The second kappa shape index (κ2) is 7.50. The number of hydrogen-bond acceptors (Lipinski definition) is 5. The average molecular weight is 346 g/mol. The molecule has 132 valence electrons. The lowest BCUT2D eigenvalue weighted by Crippen LogP contribution is -2.34. The van der Waals surface area contributed by atoms with Crippen molar-refractivity contribution in [2.45, 2.75) is 38.8 Å². The molecule has 1 N–H and O–H groups in total. The van der Waals surface area contributed by atoms with Crippen molar-refractivity contribution in [3.8, 4) is 0 Å². The number of fused-ring (bicyclic) bond motifs is 1. The van der Waals surface area contributed by atoms with Gasteiger partial charge in [-0.1, -0.05) is 26.2 Å². The number of nitrogens with one attached hydrogen (secondary N) is 1. The Labute approximate surface area is 136 Å². The van der Waals surface area contributed by atoms with Crippen LogP contribution >= 0.6 is 0 Å². The number of hydrogen-bond donors (Lipinski definition) is 1. The summed E-state index contributed by atoms with van der Waals surface area (Å²) in [5.41, 5.74) is 0.0711. The van der Waals surface area contributed by atoms with E-state index in [2.05, 4.69) is 22.1 Å². The van der Waals surface area contributed by atoms with Gasteiger partial charge in [0, 0.05) is 17.7 Å². The number of rotatable bonds is 7. The number of methoxy groups -OCH3 is 1. The summed E-state index contributed by atoms with van der Waals surface area (Å²) in [5.74, 6) is -2.02. The van der Waals surface area contributed by atoms with Crippen molar-refractivity contribution in [2.24, 2.45) is 0 Å². The summed E-state index contributed by atoms with van der Waals surface area (Å²) in [6.07, 6.45) is 0.181. The van der Waals surface area contributed by atoms with E-state index in [1.54, 1.807) is 0 Å². The van der Waals surface area contributed by atoms with E-state index in [9.17, 15) is 18.0 Å². The topological polar surface area (TPSA) is 68.5 Å². The summed E-state index contributed by atoms with van der Waals surface area (Å²) in [5, 5.41) is 6.50. The Kier molecular flexibility index (Phi) is 5.63. The second-order valence-corrected chi connectivity index (χ2v) is 5.25. The van der Waals surface area contributed by atoms with E-state index in [1.807, 2.05) is 0 Å². The lowest BCUT2D eigenvalue weighted by atomic mass is 10.2. The number of ether oxygens (including phenoxy) is 1. The zero-order valence-electron chi connectivity index (χ0n) is 13.4. The summed E-state index contributed by atoms with van der Waals surface area (Å²) in [6, 6.07) is 1.26. The lowest BCUT2D eigenvalue weighted by Gasteiger charge is -2.01. The van der Waals surface area contributed by atoms with Crippen LogP contribution in [0.4, 0.5) is 19.1 Å². The fourth-order valence-corrected chi connectivity index (χ4v) is 2.23. The second-order valence-electron chi connectivity index (χ2n) is 5.25. The van der Waals surface area contributed by atoms with Crippen molar-refractivity contribution in [1.82, 2.24) is 5.10 Å². The first-order chi connectivity index (χ1) is 11.4. The molecule has 2 rings (SSSR count). The van der Waals surface area contributed by atoms with E-state index >= 15 is 0 Å². The highest BCUT2D eigenvalue weighted by molar-refractivity contribution is 5.90. The molecule has 0 radical (unpaired) electrons. The number of alkyl halides is 3. The predicted molar refractivity (Wildman–Crippen MR) is 78.6 cm³/mol. The van der Waals surface area contributed by atoms with E-state index < -0.39 is 18.0 Å². The molecule has 0 aliphatic carbocycles. The molecule has 0 aromatic carbocycles. The van der Waals surface area contributed by atoms with Gasteiger partial charge in [0.1, 0.15) is 6.20 Å². The zero-order chi connectivity index (χ0) is 17.7. The molecule has 0 bridgehead atoms. The first kappa shape index (κ1) is 18.0. The minimum atomic E-state index is -4.70. The molecule has 2 aromatic heterocycles. The number of unbranched alkanes of at least 4 members (excludes halogenated alkanes) is 3. The van der Waals surface area contributed by atoms with Crippen LogP contribution in [0.5, 0.6) is 0 Å². The first-order valence-electron chi connectivity index (χ1n) is 7.62. The van der Waals surface area contributed by atoms with Crippen molar-refractivity contribution >= 4 is 17.4 Å². The third-order valence-electron chi connectivity index (χ3n) is 3.44. The summed E-state index contributed by atoms with van der Waals surface area (Å²) in [7, 11) is 1.18. The Morgan fingerprint density at radius 3 is 2.75 bits per heavy atom. The minimum Gasteiger partial charge on any atom is -0.465 e. The highest BCUT2D eigenvalue weighted by Gasteiger charge is 2.48. The number of anilines is 1. The third kappa shape index (κ3) is 3.95. The largest absolute Gasteiger partial charge is 0.520 e. The van der Waals surface area contributed by atoms with Crippen LogP contribution in [0, 0.1) is 0 Å². The van der Waals surface area contributed by atoms with Crippen LogP contribution < -0.4 is 9.83 Å². The highest BCUT2D eigenvalue weighted by atomic mass is 19.4. The molecule has 0 aliphatic rings. The maximum atomic E-state index is 13.1. The molecule has 0 amide bonds. The van der Waals surface area contributed by atoms with Crippen molar-refractivity contribution in [2.75, 3.05) is 19.0 Å². The summed E-state index contributed by atoms with van der Waals surface area (Å²) in [6.45, 7) is 2.53. The van der Waals surface area contributed by atoms with Crippen LogP contribution in [0.1, 0.15) is 48.9 Å². The molecule has 0 saturated carbocycles. The van der Waals surface area contributed by atoms with Crippen LogP contribution in [0.3, 0.4) is 0 Å². The zero-order valence-corrected chi connectivity index (χ0v) is 13.4. The van der Waals surface area contributed by atoms with Gasteiger partial charge in [0.25, 0.3) is 5.88 Å². The molecular weight excluding hydrogens is 327 g/mol. The number of nitrogens with zero attached hydrogens (tertiary/aromatic N) is 2. The Hall–Kier alpha value is -2.32. The number of carbonyl (C=O) groups excluding carboxylic acids is 1. The molecule has 0 fully saturated rings. The molecular formula is C15H19F3N3O3+. The Balaban J connectivity index is 2.34. The van der Waals surface area contributed by atoms with Crippen molar-refractivity contribution in [3.63, 3.8) is 0 Å². The molecule has 2 aromatic rings. The highest BCUT2D eigenvalue weighted by Crippen LogP contribution is 2.31. The number of carbonyl (C=O) groups is 1. The van der Waals surface area contributed by atoms with Gasteiger partial charge in [-0.05, 0) is 10.9 Å². The smallest absolute Gasteiger partial charge is 0.465 e. The van der Waals surface area contributed by atoms with Crippen molar-refractivity contribution < 1.29 is 31.6 Å². The molecule has 0 atom stereocenters. The standard InChI is InChI=1S/C15H18F3N3O3/c1-3-4-5-6-7-19-12-11-8-10(13(22)23-2)9-20-21(11)14(24-12)15(16,17)18/h8-9H,3-7H2,1-2H3/p+1. The summed E-state index contributed by atoms with van der Waals surface area (Å²) in [4.78, 5) is 11.6. The molecule has 0 saturated heterocycles. The summed E-state index contributed by atoms with van der Waals surface area (Å²) < 4.78 is 49.3. The van der Waals surface area contributed by atoms with E-state index in [0.29, 0.717) is 11.1 Å². The van der Waals surface area contributed by atoms with Gasteiger partial charge in [-0.15, -0.1) is 0 Å². The van der Waals surface area contributed by atoms with E-state index in [0.717, 1.165) is 31.9 Å². The normalized spacial score (nSPS) is 11.7.